The molecule has 19 heavy (non-hydrogen) atoms. The summed E-state index contributed by atoms with van der Waals surface area (Å²) in [4.78, 5) is 4.24. The van der Waals surface area contributed by atoms with E-state index in [1.54, 1.807) is 0 Å². The maximum Gasteiger partial charge on any atom is 0.0439 e. The van der Waals surface area contributed by atoms with Crippen LogP contribution in [0.2, 0.25) is 0 Å². The lowest BCUT2D eigenvalue weighted by atomic mass is 10.0. The van der Waals surface area contributed by atoms with Gasteiger partial charge in [0.1, 0.15) is 0 Å². The predicted molar refractivity (Wildman–Crippen MR) is 84.8 cm³/mol. The maximum absolute atomic E-state index is 3.73. The largest absolute Gasteiger partial charge is 0.313 e. The third-order valence-corrected chi connectivity index (χ3v) is 4.94. The van der Waals surface area contributed by atoms with E-state index in [2.05, 4.69) is 48.5 Å². The minimum absolute atomic E-state index is 0.620. The number of rotatable bonds is 5. The van der Waals surface area contributed by atoms with Crippen molar-refractivity contribution in [3.63, 3.8) is 0 Å². The Kier molecular flexibility index (Phi) is 5.86. The molecule has 108 valence electrons. The molecule has 1 N–H and O–H groups in total. The standard InChI is InChI=1S/C16H28N2S/c1-4-15(16-7-5-10-19-16)18-9-6-8-17-14(12-18)11-13(2)3/h5,7,10,13-15,17H,4,6,8-9,11-12H2,1-3H3. The monoisotopic (exact) mass is 280 g/mol. The van der Waals surface area contributed by atoms with E-state index < -0.39 is 0 Å². The second-order valence-electron chi connectivity index (χ2n) is 6.07. The van der Waals surface area contributed by atoms with Crippen molar-refractivity contribution in [3.8, 4) is 0 Å². The van der Waals surface area contributed by atoms with E-state index in [9.17, 15) is 0 Å². The number of thiophene rings is 1. The molecule has 1 aromatic heterocycles. The highest BCUT2D eigenvalue weighted by Gasteiger charge is 2.25. The highest BCUT2D eigenvalue weighted by Crippen LogP contribution is 2.29. The molecule has 2 nitrogen and oxygen atoms in total. The Labute approximate surface area is 122 Å². The van der Waals surface area contributed by atoms with Crippen LogP contribution in [0.5, 0.6) is 0 Å². The summed E-state index contributed by atoms with van der Waals surface area (Å²) in [5, 5.41) is 5.94. The molecular weight excluding hydrogens is 252 g/mol. The smallest absolute Gasteiger partial charge is 0.0439 e. The zero-order chi connectivity index (χ0) is 13.7. The summed E-state index contributed by atoms with van der Waals surface area (Å²) in [6.07, 6.45) is 3.78. The molecule has 0 saturated carbocycles. The molecule has 2 unspecified atom stereocenters. The zero-order valence-corrected chi connectivity index (χ0v) is 13.4. The first kappa shape index (κ1) is 15.0. The molecule has 0 aromatic carbocycles. The molecule has 0 aliphatic carbocycles. The molecule has 1 aliphatic rings. The van der Waals surface area contributed by atoms with Crippen LogP contribution in [-0.2, 0) is 0 Å². The van der Waals surface area contributed by atoms with Crippen molar-refractivity contribution < 1.29 is 0 Å². The molecule has 2 rings (SSSR count). The van der Waals surface area contributed by atoms with Crippen LogP contribution in [0.1, 0.15) is 51.0 Å². The summed E-state index contributed by atoms with van der Waals surface area (Å²) in [5.41, 5.74) is 0. The molecule has 0 radical (unpaired) electrons. The Hall–Kier alpha value is -0.380. The van der Waals surface area contributed by atoms with Crippen LogP contribution < -0.4 is 5.32 Å². The van der Waals surface area contributed by atoms with Gasteiger partial charge in [-0.2, -0.15) is 0 Å². The minimum atomic E-state index is 0.620. The zero-order valence-electron chi connectivity index (χ0n) is 12.6. The lowest BCUT2D eigenvalue weighted by Crippen LogP contribution is -2.39. The highest BCUT2D eigenvalue weighted by atomic mass is 32.1. The van der Waals surface area contributed by atoms with Gasteiger partial charge in [-0.1, -0.05) is 26.8 Å². The van der Waals surface area contributed by atoms with Gasteiger partial charge in [-0.3, -0.25) is 4.90 Å². The van der Waals surface area contributed by atoms with Gasteiger partial charge in [0.15, 0.2) is 0 Å². The Morgan fingerprint density at radius 2 is 2.32 bits per heavy atom. The molecule has 1 saturated heterocycles. The van der Waals surface area contributed by atoms with E-state index in [1.165, 1.54) is 43.8 Å². The highest BCUT2D eigenvalue weighted by molar-refractivity contribution is 7.10. The van der Waals surface area contributed by atoms with Crippen LogP contribution >= 0.6 is 11.3 Å². The van der Waals surface area contributed by atoms with Gasteiger partial charge < -0.3 is 5.32 Å². The molecular formula is C16H28N2S. The molecule has 1 aliphatic heterocycles. The quantitative estimate of drug-likeness (QED) is 0.879. The SMILES string of the molecule is CCC(c1cccs1)N1CCCNC(CC(C)C)C1. The van der Waals surface area contributed by atoms with Gasteiger partial charge in [-0.05, 0) is 43.2 Å². The number of hydrogen-bond acceptors (Lipinski definition) is 3. The summed E-state index contributed by atoms with van der Waals surface area (Å²) < 4.78 is 0. The van der Waals surface area contributed by atoms with Gasteiger partial charge in [-0.15, -0.1) is 11.3 Å². The second-order valence-corrected chi connectivity index (χ2v) is 7.05. The Bertz CT molecular complexity index is 348. The van der Waals surface area contributed by atoms with E-state index >= 15 is 0 Å². The van der Waals surface area contributed by atoms with Crippen LogP contribution in [0.3, 0.4) is 0 Å². The van der Waals surface area contributed by atoms with Gasteiger partial charge in [-0.25, -0.2) is 0 Å². The van der Waals surface area contributed by atoms with Crippen LogP contribution in [0.4, 0.5) is 0 Å². The third-order valence-electron chi connectivity index (χ3n) is 3.97. The van der Waals surface area contributed by atoms with Crippen molar-refractivity contribution in [2.75, 3.05) is 19.6 Å². The Morgan fingerprint density at radius 1 is 1.47 bits per heavy atom. The summed E-state index contributed by atoms with van der Waals surface area (Å²) in [5.74, 6) is 0.777. The number of nitrogens with zero attached hydrogens (tertiary/aromatic N) is 1. The molecule has 2 heterocycles. The van der Waals surface area contributed by atoms with Crippen molar-refractivity contribution in [1.82, 2.24) is 10.2 Å². The number of hydrogen-bond donors (Lipinski definition) is 1. The van der Waals surface area contributed by atoms with Crippen LogP contribution in [0.25, 0.3) is 0 Å². The molecule has 1 aromatic rings. The van der Waals surface area contributed by atoms with Crippen molar-refractivity contribution in [1.29, 1.82) is 0 Å². The topological polar surface area (TPSA) is 15.3 Å². The molecule has 0 bridgehead atoms. The van der Waals surface area contributed by atoms with Crippen LogP contribution in [0, 0.1) is 5.92 Å². The average Bonchev–Trinajstić information content (AvgIpc) is 2.78. The number of nitrogens with one attached hydrogen (secondary N) is 1. The van der Waals surface area contributed by atoms with Gasteiger partial charge in [0.25, 0.3) is 0 Å². The lowest BCUT2D eigenvalue weighted by Gasteiger charge is -2.32. The molecule has 1 fully saturated rings. The van der Waals surface area contributed by atoms with E-state index in [0.29, 0.717) is 12.1 Å². The van der Waals surface area contributed by atoms with Crippen LogP contribution in [-0.4, -0.2) is 30.6 Å². The van der Waals surface area contributed by atoms with Crippen molar-refractivity contribution >= 4 is 11.3 Å². The molecule has 0 spiro atoms. The second kappa shape index (κ2) is 7.41. The predicted octanol–water partition coefficient (Wildman–Crippen LogP) is 3.91. The first-order valence-corrected chi connectivity index (χ1v) is 8.59. The molecule has 0 amide bonds. The maximum atomic E-state index is 3.73. The third kappa shape index (κ3) is 4.30. The molecule has 3 heteroatoms. The summed E-state index contributed by atoms with van der Waals surface area (Å²) in [6, 6.07) is 5.77. The Morgan fingerprint density at radius 3 is 2.95 bits per heavy atom. The first-order chi connectivity index (χ1) is 9.20. The normalized spacial score (nSPS) is 23.5. The molecule has 2 atom stereocenters. The average molecular weight is 280 g/mol. The summed E-state index contributed by atoms with van der Waals surface area (Å²) in [6.45, 7) is 10.6. The minimum Gasteiger partial charge on any atom is -0.313 e. The van der Waals surface area contributed by atoms with E-state index in [4.69, 9.17) is 0 Å². The van der Waals surface area contributed by atoms with Gasteiger partial charge >= 0.3 is 0 Å². The van der Waals surface area contributed by atoms with Gasteiger partial charge in [0.05, 0.1) is 0 Å². The van der Waals surface area contributed by atoms with Crippen molar-refractivity contribution in [2.24, 2.45) is 5.92 Å². The fourth-order valence-electron chi connectivity index (χ4n) is 3.16. The van der Waals surface area contributed by atoms with Gasteiger partial charge in [0, 0.05) is 30.1 Å². The Balaban J connectivity index is 2.04. The first-order valence-electron chi connectivity index (χ1n) is 7.71. The summed E-state index contributed by atoms with van der Waals surface area (Å²) >= 11 is 1.91. The van der Waals surface area contributed by atoms with E-state index in [-0.39, 0.29) is 0 Å². The van der Waals surface area contributed by atoms with E-state index in [0.717, 1.165) is 5.92 Å². The van der Waals surface area contributed by atoms with Crippen molar-refractivity contribution in [3.05, 3.63) is 22.4 Å². The summed E-state index contributed by atoms with van der Waals surface area (Å²) in [7, 11) is 0. The van der Waals surface area contributed by atoms with Crippen molar-refractivity contribution in [2.45, 2.75) is 52.1 Å². The lowest BCUT2D eigenvalue weighted by molar-refractivity contribution is 0.185. The fraction of sp³-hybridized carbons (Fsp3) is 0.750. The van der Waals surface area contributed by atoms with Gasteiger partial charge in [0.2, 0.25) is 0 Å². The fourth-order valence-corrected chi connectivity index (χ4v) is 4.10. The van der Waals surface area contributed by atoms with E-state index in [1.807, 2.05) is 11.3 Å². The van der Waals surface area contributed by atoms with Crippen LogP contribution in [0.15, 0.2) is 17.5 Å².